The van der Waals surface area contributed by atoms with Gasteiger partial charge in [-0.2, -0.15) is 0 Å². The number of nitrogens with one attached hydrogen (secondary N) is 1. The highest BCUT2D eigenvalue weighted by molar-refractivity contribution is 7.11. The summed E-state index contributed by atoms with van der Waals surface area (Å²) in [6.45, 7) is 0. The molecule has 1 atom stereocenters. The number of aliphatic carboxylic acids is 1. The number of carbonyl (C=O) groups is 1. The Hall–Kier alpha value is -2.25. The normalized spacial score (nSPS) is 17.5. The third kappa shape index (κ3) is 2.72. The van der Waals surface area contributed by atoms with Crippen LogP contribution in [0.5, 0.6) is 0 Å². The van der Waals surface area contributed by atoms with Gasteiger partial charge in [0.15, 0.2) is 10.8 Å². The largest absolute Gasteiger partial charge is 0.478 e. The van der Waals surface area contributed by atoms with Crippen LogP contribution in [0.2, 0.25) is 5.02 Å². The van der Waals surface area contributed by atoms with E-state index in [4.69, 9.17) is 11.6 Å². The predicted octanol–water partition coefficient (Wildman–Crippen LogP) is 3.00. The zero-order valence-electron chi connectivity index (χ0n) is 11.0. The number of carboxylic acid groups (broad SMARTS) is 1. The van der Waals surface area contributed by atoms with Gasteiger partial charge in [-0.3, -0.25) is 4.99 Å². The molecule has 2 N–H and O–H groups in total. The van der Waals surface area contributed by atoms with E-state index in [-0.39, 0.29) is 10.6 Å². The van der Waals surface area contributed by atoms with Crippen molar-refractivity contribution in [2.45, 2.75) is 6.04 Å². The maximum Gasteiger partial charge on any atom is 0.335 e. The molecule has 5 nitrogen and oxygen atoms in total. The van der Waals surface area contributed by atoms with Gasteiger partial charge in [0.25, 0.3) is 0 Å². The Labute approximate surface area is 133 Å². The molecule has 22 heavy (non-hydrogen) atoms. The number of benzene rings is 1. The minimum absolute atomic E-state index is 0.0221. The van der Waals surface area contributed by atoms with Crippen molar-refractivity contribution in [2.75, 3.05) is 0 Å². The number of aromatic nitrogens is 1. The van der Waals surface area contributed by atoms with Gasteiger partial charge in [-0.1, -0.05) is 17.7 Å². The number of thiazole rings is 1. The monoisotopic (exact) mass is 337 g/mol. The molecule has 0 radical (unpaired) electrons. The first-order valence-corrected chi connectivity index (χ1v) is 7.44. The fourth-order valence-corrected chi connectivity index (χ4v) is 2.92. The van der Waals surface area contributed by atoms with Gasteiger partial charge in [-0.15, -0.1) is 11.3 Å². The van der Waals surface area contributed by atoms with Gasteiger partial charge in [0, 0.05) is 28.4 Å². The zero-order valence-corrected chi connectivity index (χ0v) is 12.5. The van der Waals surface area contributed by atoms with Gasteiger partial charge in [-0.25, -0.2) is 14.2 Å². The lowest BCUT2D eigenvalue weighted by Crippen LogP contribution is -2.28. The van der Waals surface area contributed by atoms with Crippen LogP contribution in [-0.4, -0.2) is 21.9 Å². The second-order valence-electron chi connectivity index (χ2n) is 4.43. The Kier molecular flexibility index (Phi) is 3.91. The van der Waals surface area contributed by atoms with E-state index in [0.29, 0.717) is 16.4 Å². The summed E-state index contributed by atoms with van der Waals surface area (Å²) in [4.78, 5) is 19.9. The van der Waals surface area contributed by atoms with Crippen LogP contribution in [0, 0.1) is 5.82 Å². The highest BCUT2D eigenvalue weighted by Crippen LogP contribution is 2.34. The first-order valence-electron chi connectivity index (χ1n) is 6.19. The van der Waals surface area contributed by atoms with E-state index in [0.717, 1.165) is 6.07 Å². The van der Waals surface area contributed by atoms with Crippen LogP contribution in [0.3, 0.4) is 0 Å². The van der Waals surface area contributed by atoms with E-state index >= 15 is 0 Å². The van der Waals surface area contributed by atoms with Crippen LogP contribution < -0.4 is 5.32 Å². The SMILES string of the molecule is O=C(O)C1=CNC(c2nccs2)=NC1c1ccc(F)cc1Cl. The smallest absolute Gasteiger partial charge is 0.335 e. The summed E-state index contributed by atoms with van der Waals surface area (Å²) in [5, 5.41) is 14.7. The van der Waals surface area contributed by atoms with Crippen LogP contribution in [-0.2, 0) is 4.79 Å². The highest BCUT2D eigenvalue weighted by Gasteiger charge is 2.28. The summed E-state index contributed by atoms with van der Waals surface area (Å²) < 4.78 is 13.2. The molecule has 0 aliphatic carbocycles. The lowest BCUT2D eigenvalue weighted by atomic mass is 9.98. The standard InChI is InChI=1S/C14H9ClFN3O2S/c15-10-5-7(16)1-2-8(10)11-9(14(20)21)6-18-12(19-11)13-17-3-4-22-13/h1-6,11H,(H,18,19)(H,20,21). The summed E-state index contributed by atoms with van der Waals surface area (Å²) in [5.74, 6) is -1.17. The number of amidine groups is 1. The van der Waals surface area contributed by atoms with Crippen LogP contribution in [0.1, 0.15) is 16.6 Å². The maximum atomic E-state index is 13.2. The van der Waals surface area contributed by atoms with Gasteiger partial charge in [0.1, 0.15) is 11.9 Å². The first-order chi connectivity index (χ1) is 10.6. The molecule has 0 bridgehead atoms. The average Bonchev–Trinajstić information content (AvgIpc) is 3.00. The molecular weight excluding hydrogens is 329 g/mol. The molecule has 0 fully saturated rings. The maximum absolute atomic E-state index is 13.2. The Morgan fingerprint density at radius 1 is 1.45 bits per heavy atom. The Bertz CT molecular complexity index is 789. The predicted molar refractivity (Wildman–Crippen MR) is 81.7 cm³/mol. The summed E-state index contributed by atoms with van der Waals surface area (Å²) in [5.41, 5.74) is 0.445. The first kappa shape index (κ1) is 14.7. The lowest BCUT2D eigenvalue weighted by Gasteiger charge is -2.21. The Balaban J connectivity index is 2.08. The molecular formula is C14H9ClFN3O2S. The van der Waals surface area contributed by atoms with Crippen molar-refractivity contribution in [1.29, 1.82) is 0 Å². The van der Waals surface area contributed by atoms with Crippen LogP contribution in [0.15, 0.2) is 46.5 Å². The van der Waals surface area contributed by atoms with Gasteiger partial charge < -0.3 is 10.4 Å². The van der Waals surface area contributed by atoms with Crippen molar-refractivity contribution in [3.8, 4) is 0 Å². The molecule has 1 aliphatic rings. The molecule has 1 unspecified atom stereocenters. The molecule has 0 saturated heterocycles. The molecule has 112 valence electrons. The third-order valence-electron chi connectivity index (χ3n) is 3.06. The van der Waals surface area contributed by atoms with Gasteiger partial charge in [-0.05, 0) is 12.1 Å². The number of aliphatic imine (C=N–C) groups is 1. The number of carboxylic acids is 1. The van der Waals surface area contributed by atoms with E-state index in [1.54, 1.807) is 11.6 Å². The minimum Gasteiger partial charge on any atom is -0.478 e. The second kappa shape index (κ2) is 5.86. The molecule has 1 aromatic carbocycles. The minimum atomic E-state index is -1.13. The summed E-state index contributed by atoms with van der Waals surface area (Å²) in [7, 11) is 0. The Morgan fingerprint density at radius 3 is 2.91 bits per heavy atom. The molecule has 1 aliphatic heterocycles. The van der Waals surface area contributed by atoms with Crippen molar-refractivity contribution >= 4 is 34.7 Å². The topological polar surface area (TPSA) is 74.6 Å². The van der Waals surface area contributed by atoms with Crippen molar-refractivity contribution in [3.63, 3.8) is 0 Å². The molecule has 3 rings (SSSR count). The number of halogens is 2. The fourth-order valence-electron chi connectivity index (χ4n) is 2.06. The lowest BCUT2D eigenvalue weighted by molar-refractivity contribution is -0.133. The van der Waals surface area contributed by atoms with Crippen molar-refractivity contribution in [1.82, 2.24) is 10.3 Å². The second-order valence-corrected chi connectivity index (χ2v) is 5.73. The fraction of sp³-hybridized carbons (Fsp3) is 0.0714. The molecule has 2 heterocycles. The van der Waals surface area contributed by atoms with Crippen molar-refractivity contribution < 1.29 is 14.3 Å². The zero-order chi connectivity index (χ0) is 15.7. The quantitative estimate of drug-likeness (QED) is 0.903. The molecule has 0 spiro atoms. The summed E-state index contributed by atoms with van der Waals surface area (Å²) in [6, 6.07) is 2.97. The van der Waals surface area contributed by atoms with Crippen LogP contribution >= 0.6 is 22.9 Å². The van der Waals surface area contributed by atoms with Crippen LogP contribution in [0.25, 0.3) is 0 Å². The number of hydrogen-bond acceptors (Lipinski definition) is 5. The molecule has 2 aromatic rings. The van der Waals surface area contributed by atoms with E-state index in [1.807, 2.05) is 0 Å². The molecule has 0 saturated carbocycles. The average molecular weight is 338 g/mol. The Morgan fingerprint density at radius 2 is 2.27 bits per heavy atom. The number of nitrogens with zero attached hydrogens (tertiary/aromatic N) is 2. The van der Waals surface area contributed by atoms with E-state index in [2.05, 4.69) is 15.3 Å². The number of hydrogen-bond donors (Lipinski definition) is 2. The molecule has 1 aromatic heterocycles. The number of rotatable bonds is 3. The van der Waals surface area contributed by atoms with Gasteiger partial charge in [0.05, 0.1) is 5.57 Å². The summed E-state index contributed by atoms with van der Waals surface area (Å²) >= 11 is 7.41. The highest BCUT2D eigenvalue weighted by atomic mass is 35.5. The molecule has 8 heteroatoms. The van der Waals surface area contributed by atoms with Gasteiger partial charge in [0.2, 0.25) is 0 Å². The van der Waals surface area contributed by atoms with E-state index in [9.17, 15) is 14.3 Å². The summed E-state index contributed by atoms with van der Waals surface area (Å²) in [6.07, 6.45) is 2.98. The van der Waals surface area contributed by atoms with Gasteiger partial charge >= 0.3 is 5.97 Å². The van der Waals surface area contributed by atoms with Crippen molar-refractivity contribution in [2.24, 2.45) is 4.99 Å². The third-order valence-corrected chi connectivity index (χ3v) is 4.16. The van der Waals surface area contributed by atoms with Crippen molar-refractivity contribution in [3.05, 3.63) is 63.0 Å². The van der Waals surface area contributed by atoms with Crippen LogP contribution in [0.4, 0.5) is 4.39 Å². The van der Waals surface area contributed by atoms with E-state index < -0.39 is 17.8 Å². The molecule has 0 amide bonds. The van der Waals surface area contributed by atoms with E-state index in [1.165, 1.54) is 29.7 Å².